The van der Waals surface area contributed by atoms with Crippen LogP contribution in [0.15, 0.2) is 53.1 Å². The van der Waals surface area contributed by atoms with Gasteiger partial charge in [-0.15, -0.1) is 0 Å². The Balaban J connectivity index is 1.64. The normalized spacial score (nSPS) is 10.9. The number of carbonyl (C=O) groups is 1. The lowest BCUT2D eigenvalue weighted by Gasteiger charge is -2.06. The van der Waals surface area contributed by atoms with Crippen LogP contribution in [-0.4, -0.2) is 17.7 Å². The zero-order valence-corrected chi connectivity index (χ0v) is 14.1. The van der Waals surface area contributed by atoms with Crippen LogP contribution in [0.4, 0.5) is 13.2 Å². The molecular weight excluding hydrogens is 363 g/mol. The lowest BCUT2D eigenvalue weighted by atomic mass is 10.1. The first-order chi connectivity index (χ1) is 12.9. The van der Waals surface area contributed by atoms with E-state index in [9.17, 15) is 18.0 Å². The summed E-state index contributed by atoms with van der Waals surface area (Å²) in [6.45, 7) is -1.33. The molecule has 0 radical (unpaired) electrons. The molecule has 8 heteroatoms. The van der Waals surface area contributed by atoms with Gasteiger partial charge in [0.2, 0.25) is 0 Å². The van der Waals surface area contributed by atoms with Gasteiger partial charge in [0.1, 0.15) is 23.9 Å². The van der Waals surface area contributed by atoms with Crippen molar-refractivity contribution in [3.05, 3.63) is 71.2 Å². The van der Waals surface area contributed by atoms with Gasteiger partial charge in [-0.05, 0) is 55.5 Å². The van der Waals surface area contributed by atoms with E-state index in [4.69, 9.17) is 9.26 Å². The van der Waals surface area contributed by atoms with E-state index in [0.29, 0.717) is 22.6 Å². The van der Waals surface area contributed by atoms with E-state index in [1.807, 2.05) is 0 Å². The van der Waals surface area contributed by atoms with Crippen molar-refractivity contribution >= 4 is 5.97 Å². The molecule has 0 amide bonds. The van der Waals surface area contributed by atoms with Crippen LogP contribution in [0, 0.1) is 12.7 Å². The summed E-state index contributed by atoms with van der Waals surface area (Å²) in [5.41, 5.74) is 1.90. The molecule has 0 aliphatic carbocycles. The number of benzene rings is 2. The largest absolute Gasteiger partial charge is 0.455 e. The van der Waals surface area contributed by atoms with Crippen LogP contribution in [0.5, 0.6) is 5.75 Å². The number of esters is 1. The first-order valence-corrected chi connectivity index (χ1v) is 7.87. The van der Waals surface area contributed by atoms with E-state index in [-0.39, 0.29) is 23.7 Å². The SMILES string of the molecule is Cc1c(COC(=O)c2ccc(OC(F)F)cc2)noc1-c1ccc(F)cc1. The highest BCUT2D eigenvalue weighted by molar-refractivity contribution is 5.89. The number of halogens is 3. The predicted molar refractivity (Wildman–Crippen MR) is 88.8 cm³/mol. The van der Waals surface area contributed by atoms with E-state index >= 15 is 0 Å². The van der Waals surface area contributed by atoms with Crippen LogP contribution in [0.25, 0.3) is 11.3 Å². The van der Waals surface area contributed by atoms with Gasteiger partial charge < -0.3 is 14.0 Å². The fourth-order valence-electron chi connectivity index (χ4n) is 2.36. The van der Waals surface area contributed by atoms with Gasteiger partial charge in [0.25, 0.3) is 0 Å². The molecule has 0 aliphatic rings. The zero-order valence-electron chi connectivity index (χ0n) is 14.1. The first-order valence-electron chi connectivity index (χ1n) is 7.87. The monoisotopic (exact) mass is 377 g/mol. The maximum atomic E-state index is 13.0. The molecule has 0 atom stereocenters. The molecular formula is C19H14F3NO4. The Labute approximate surface area is 152 Å². The molecule has 0 fully saturated rings. The minimum absolute atomic E-state index is 0.0576. The maximum Gasteiger partial charge on any atom is 0.387 e. The van der Waals surface area contributed by atoms with Gasteiger partial charge in [0.05, 0.1) is 5.56 Å². The van der Waals surface area contributed by atoms with Crippen molar-refractivity contribution in [3.8, 4) is 17.1 Å². The van der Waals surface area contributed by atoms with Crippen molar-refractivity contribution in [2.45, 2.75) is 20.1 Å². The van der Waals surface area contributed by atoms with Crippen LogP contribution in [0.1, 0.15) is 21.6 Å². The van der Waals surface area contributed by atoms with Gasteiger partial charge in [-0.1, -0.05) is 5.16 Å². The summed E-state index contributed by atoms with van der Waals surface area (Å²) in [5, 5.41) is 3.88. The molecule has 3 rings (SSSR count). The second-order valence-corrected chi connectivity index (χ2v) is 5.57. The molecule has 3 aromatic rings. The number of hydrogen-bond donors (Lipinski definition) is 0. The van der Waals surface area contributed by atoms with E-state index in [1.54, 1.807) is 19.1 Å². The Hall–Kier alpha value is -3.29. The highest BCUT2D eigenvalue weighted by Gasteiger charge is 2.16. The van der Waals surface area contributed by atoms with Gasteiger partial charge in [-0.3, -0.25) is 0 Å². The number of aromatic nitrogens is 1. The van der Waals surface area contributed by atoms with Crippen LogP contribution < -0.4 is 4.74 Å². The minimum Gasteiger partial charge on any atom is -0.455 e. The van der Waals surface area contributed by atoms with Crippen LogP contribution in [0.3, 0.4) is 0 Å². The van der Waals surface area contributed by atoms with E-state index in [1.165, 1.54) is 36.4 Å². The third-order valence-electron chi connectivity index (χ3n) is 3.78. The summed E-state index contributed by atoms with van der Waals surface area (Å²) in [7, 11) is 0. The molecule has 0 N–H and O–H groups in total. The Morgan fingerprint density at radius 3 is 2.41 bits per heavy atom. The highest BCUT2D eigenvalue weighted by atomic mass is 19.3. The highest BCUT2D eigenvalue weighted by Crippen LogP contribution is 2.26. The molecule has 27 heavy (non-hydrogen) atoms. The maximum absolute atomic E-state index is 13.0. The smallest absolute Gasteiger partial charge is 0.387 e. The Morgan fingerprint density at radius 1 is 1.11 bits per heavy atom. The molecule has 0 aliphatic heterocycles. The molecule has 0 saturated heterocycles. The van der Waals surface area contributed by atoms with E-state index < -0.39 is 12.6 Å². The molecule has 1 heterocycles. The average molecular weight is 377 g/mol. The first kappa shape index (κ1) is 18.5. The molecule has 1 aromatic heterocycles. The van der Waals surface area contributed by atoms with Crippen molar-refractivity contribution in [2.75, 3.05) is 0 Å². The predicted octanol–water partition coefficient (Wildman–Crippen LogP) is 4.75. The van der Waals surface area contributed by atoms with Crippen molar-refractivity contribution in [1.29, 1.82) is 0 Å². The van der Waals surface area contributed by atoms with Crippen molar-refractivity contribution in [2.24, 2.45) is 0 Å². The van der Waals surface area contributed by atoms with Gasteiger partial charge in [-0.2, -0.15) is 8.78 Å². The standard InChI is InChI=1S/C19H14F3NO4/c1-11-16(23-27-17(11)12-2-6-14(20)7-3-12)10-25-18(24)13-4-8-15(9-5-13)26-19(21)22/h2-9,19H,10H2,1H3. The molecule has 0 spiro atoms. The third kappa shape index (κ3) is 4.46. The number of nitrogens with zero attached hydrogens (tertiary/aromatic N) is 1. The summed E-state index contributed by atoms with van der Waals surface area (Å²) in [6.07, 6.45) is 0. The minimum atomic E-state index is -2.94. The van der Waals surface area contributed by atoms with Gasteiger partial charge in [-0.25, -0.2) is 9.18 Å². The number of rotatable bonds is 6. The molecule has 0 bridgehead atoms. The van der Waals surface area contributed by atoms with Crippen LogP contribution >= 0.6 is 0 Å². The second kappa shape index (κ2) is 7.94. The number of carbonyl (C=O) groups excluding carboxylic acids is 1. The Bertz CT molecular complexity index is 921. The van der Waals surface area contributed by atoms with E-state index in [2.05, 4.69) is 9.89 Å². The molecule has 5 nitrogen and oxygen atoms in total. The summed E-state index contributed by atoms with van der Waals surface area (Å²) >= 11 is 0. The van der Waals surface area contributed by atoms with Gasteiger partial charge in [0, 0.05) is 11.1 Å². The van der Waals surface area contributed by atoms with Gasteiger partial charge >= 0.3 is 12.6 Å². The van der Waals surface area contributed by atoms with Crippen molar-refractivity contribution < 1.29 is 32.0 Å². The molecule has 0 unspecified atom stereocenters. The van der Waals surface area contributed by atoms with Crippen LogP contribution in [-0.2, 0) is 11.3 Å². The average Bonchev–Trinajstić information content (AvgIpc) is 3.01. The lowest BCUT2D eigenvalue weighted by Crippen LogP contribution is -2.07. The fraction of sp³-hybridized carbons (Fsp3) is 0.158. The van der Waals surface area contributed by atoms with Crippen molar-refractivity contribution in [3.63, 3.8) is 0 Å². The van der Waals surface area contributed by atoms with E-state index in [0.717, 1.165) is 0 Å². The summed E-state index contributed by atoms with van der Waals surface area (Å²) in [5.74, 6) is -0.619. The summed E-state index contributed by atoms with van der Waals surface area (Å²) < 4.78 is 51.9. The summed E-state index contributed by atoms with van der Waals surface area (Å²) in [4.78, 5) is 12.1. The molecule has 2 aromatic carbocycles. The second-order valence-electron chi connectivity index (χ2n) is 5.57. The number of hydrogen-bond acceptors (Lipinski definition) is 5. The van der Waals surface area contributed by atoms with Gasteiger partial charge in [0.15, 0.2) is 5.76 Å². The molecule has 140 valence electrons. The third-order valence-corrected chi connectivity index (χ3v) is 3.78. The lowest BCUT2D eigenvalue weighted by molar-refractivity contribution is -0.0498. The summed E-state index contributed by atoms with van der Waals surface area (Å²) in [6, 6.07) is 10.9. The topological polar surface area (TPSA) is 61.6 Å². The number of alkyl halides is 2. The van der Waals surface area contributed by atoms with Crippen LogP contribution in [0.2, 0.25) is 0 Å². The number of ether oxygens (including phenoxy) is 2. The molecule has 0 saturated carbocycles. The fourth-order valence-corrected chi connectivity index (χ4v) is 2.36. The van der Waals surface area contributed by atoms with Crippen molar-refractivity contribution in [1.82, 2.24) is 5.16 Å². The Kier molecular flexibility index (Phi) is 5.44. The quantitative estimate of drug-likeness (QED) is 0.580. The zero-order chi connectivity index (χ0) is 19.4. The Morgan fingerprint density at radius 2 is 1.78 bits per heavy atom.